The third-order valence-electron chi connectivity index (χ3n) is 14.0. The van der Waals surface area contributed by atoms with Gasteiger partial charge in [0, 0.05) is 78.2 Å². The van der Waals surface area contributed by atoms with Crippen LogP contribution in [0.25, 0.3) is 77.1 Å². The highest BCUT2D eigenvalue weighted by atomic mass is 16.3. The normalized spacial score (nSPS) is 12.7. The number of para-hydroxylation sites is 3. The molecule has 4 heteroatoms. The highest BCUT2D eigenvalue weighted by Crippen LogP contribution is 2.51. The molecular formula is C63H45N3O. The van der Waals surface area contributed by atoms with E-state index in [-0.39, 0.29) is 5.41 Å². The van der Waals surface area contributed by atoms with Crippen molar-refractivity contribution in [2.24, 2.45) is 0 Å². The molecule has 12 aromatic rings. The van der Waals surface area contributed by atoms with Crippen LogP contribution >= 0.6 is 0 Å². The lowest BCUT2D eigenvalue weighted by Gasteiger charge is -2.28. The molecule has 2 aromatic heterocycles. The molecule has 0 atom stereocenters. The molecule has 0 radical (unpaired) electrons. The molecule has 0 bridgehead atoms. The van der Waals surface area contributed by atoms with E-state index in [4.69, 9.17) is 4.42 Å². The van der Waals surface area contributed by atoms with Crippen molar-refractivity contribution >= 4 is 77.9 Å². The zero-order chi connectivity index (χ0) is 44.6. The Morgan fingerprint density at radius 3 is 1.63 bits per heavy atom. The number of fused-ring (bicyclic) bond motifs is 9. The second kappa shape index (κ2) is 15.3. The summed E-state index contributed by atoms with van der Waals surface area (Å²) in [5, 5.41) is 4.54. The molecule has 0 unspecified atom stereocenters. The largest absolute Gasteiger partial charge is 0.456 e. The van der Waals surface area contributed by atoms with Crippen LogP contribution in [-0.2, 0) is 5.41 Å². The number of aromatic nitrogens is 1. The summed E-state index contributed by atoms with van der Waals surface area (Å²) in [6.45, 7) is 4.70. The summed E-state index contributed by atoms with van der Waals surface area (Å²) >= 11 is 0. The molecule has 0 spiro atoms. The number of aromatic amines is 1. The minimum Gasteiger partial charge on any atom is -0.456 e. The predicted octanol–water partition coefficient (Wildman–Crippen LogP) is 17.8. The summed E-state index contributed by atoms with van der Waals surface area (Å²) < 4.78 is 6.72. The van der Waals surface area contributed by atoms with Gasteiger partial charge >= 0.3 is 0 Å². The first-order valence-electron chi connectivity index (χ1n) is 23.1. The van der Waals surface area contributed by atoms with E-state index in [0.717, 1.165) is 78.2 Å². The van der Waals surface area contributed by atoms with E-state index in [1.807, 2.05) is 0 Å². The highest BCUT2D eigenvalue weighted by Gasteiger charge is 2.36. The van der Waals surface area contributed by atoms with Gasteiger partial charge in [-0.2, -0.15) is 0 Å². The van der Waals surface area contributed by atoms with Gasteiger partial charge in [-0.25, -0.2) is 0 Å². The van der Waals surface area contributed by atoms with Crippen LogP contribution in [0, 0.1) is 0 Å². The number of nitrogens with zero attached hydrogens (tertiary/aromatic N) is 2. The van der Waals surface area contributed by atoms with Gasteiger partial charge in [0.15, 0.2) is 0 Å². The fourth-order valence-electron chi connectivity index (χ4n) is 10.7. The van der Waals surface area contributed by atoms with Gasteiger partial charge in [0.1, 0.15) is 11.2 Å². The van der Waals surface area contributed by atoms with Crippen LogP contribution in [0.2, 0.25) is 0 Å². The monoisotopic (exact) mass is 859 g/mol. The smallest absolute Gasteiger partial charge is 0.137 e. The number of benzene rings is 10. The Bertz CT molecular complexity index is 3790. The minimum atomic E-state index is -0.123. The fourth-order valence-corrected chi connectivity index (χ4v) is 10.7. The zero-order valence-corrected chi connectivity index (χ0v) is 37.2. The van der Waals surface area contributed by atoms with E-state index in [0.29, 0.717) is 0 Å². The topological polar surface area (TPSA) is 35.4 Å². The van der Waals surface area contributed by atoms with Crippen LogP contribution in [0.4, 0.5) is 34.1 Å². The van der Waals surface area contributed by atoms with Crippen molar-refractivity contribution in [3.05, 3.63) is 242 Å². The van der Waals surface area contributed by atoms with Crippen LogP contribution in [0.5, 0.6) is 0 Å². The standard InChI is InChI=1S/C63H45N3O/c1-63(2)57-24-13-12-21-51(57)52-34-30-48(39-58(52)63)66(46-28-25-42(26-29-46)41-15-6-3-7-16-41)47-32-36-59-56(38-47)55-23-14-22-50(62(55)64-59)43-27-33-53-54-35-31-49(40-61(54)67-60(53)37-43)65(44-17-8-4-9-18-44)45-19-10-5-11-20-45/h3-40,64H,1-2H3. The summed E-state index contributed by atoms with van der Waals surface area (Å²) in [4.78, 5) is 8.53. The molecule has 0 saturated heterocycles. The van der Waals surface area contributed by atoms with E-state index >= 15 is 0 Å². The van der Waals surface area contributed by atoms with Crippen LogP contribution in [0.3, 0.4) is 0 Å². The molecule has 0 saturated carbocycles. The first kappa shape index (κ1) is 38.8. The van der Waals surface area contributed by atoms with Crippen molar-refractivity contribution in [1.29, 1.82) is 0 Å². The maximum absolute atomic E-state index is 6.72. The van der Waals surface area contributed by atoms with E-state index in [9.17, 15) is 0 Å². The van der Waals surface area contributed by atoms with Crippen molar-refractivity contribution in [3.63, 3.8) is 0 Å². The third-order valence-corrected chi connectivity index (χ3v) is 14.0. The van der Waals surface area contributed by atoms with Gasteiger partial charge in [-0.1, -0.05) is 147 Å². The maximum atomic E-state index is 6.72. The lowest BCUT2D eigenvalue weighted by molar-refractivity contribution is 0.660. The second-order valence-corrected chi connectivity index (χ2v) is 18.2. The van der Waals surface area contributed by atoms with E-state index in [2.05, 4.69) is 259 Å². The second-order valence-electron chi connectivity index (χ2n) is 18.2. The lowest BCUT2D eigenvalue weighted by atomic mass is 9.82. The molecule has 2 heterocycles. The average molecular weight is 860 g/mol. The van der Waals surface area contributed by atoms with Gasteiger partial charge in [-0.05, 0) is 130 Å². The molecule has 0 aliphatic heterocycles. The third kappa shape index (κ3) is 6.36. The Kier molecular flexibility index (Phi) is 8.84. The zero-order valence-electron chi connectivity index (χ0n) is 37.2. The first-order chi connectivity index (χ1) is 33.0. The summed E-state index contributed by atoms with van der Waals surface area (Å²) in [7, 11) is 0. The van der Waals surface area contributed by atoms with Crippen molar-refractivity contribution in [2.75, 3.05) is 9.80 Å². The van der Waals surface area contributed by atoms with Gasteiger partial charge in [0.25, 0.3) is 0 Å². The summed E-state index contributed by atoms with van der Waals surface area (Å²) in [6, 6.07) is 83.1. The van der Waals surface area contributed by atoms with Gasteiger partial charge < -0.3 is 19.2 Å². The Labute approximate surface area is 389 Å². The minimum absolute atomic E-state index is 0.123. The van der Waals surface area contributed by atoms with E-state index < -0.39 is 0 Å². The quantitative estimate of drug-likeness (QED) is 0.165. The molecule has 1 aliphatic carbocycles. The Balaban J connectivity index is 0.903. The highest BCUT2D eigenvalue weighted by molar-refractivity contribution is 6.14. The van der Waals surface area contributed by atoms with Crippen molar-refractivity contribution in [3.8, 4) is 33.4 Å². The number of hydrogen-bond donors (Lipinski definition) is 1. The molecule has 318 valence electrons. The number of nitrogens with one attached hydrogen (secondary N) is 1. The first-order valence-corrected chi connectivity index (χ1v) is 23.1. The van der Waals surface area contributed by atoms with Crippen molar-refractivity contribution in [1.82, 2.24) is 4.98 Å². The number of furan rings is 1. The molecule has 10 aromatic carbocycles. The molecule has 67 heavy (non-hydrogen) atoms. The number of hydrogen-bond acceptors (Lipinski definition) is 3. The summed E-state index contributed by atoms with van der Waals surface area (Å²) in [6.07, 6.45) is 0. The maximum Gasteiger partial charge on any atom is 0.137 e. The van der Waals surface area contributed by atoms with Gasteiger partial charge in [-0.15, -0.1) is 0 Å². The van der Waals surface area contributed by atoms with Gasteiger partial charge in [0.2, 0.25) is 0 Å². The molecule has 4 nitrogen and oxygen atoms in total. The molecular weight excluding hydrogens is 815 g/mol. The molecule has 13 rings (SSSR count). The van der Waals surface area contributed by atoms with Crippen LogP contribution < -0.4 is 9.80 Å². The molecule has 0 fully saturated rings. The Hall–Kier alpha value is -8.60. The van der Waals surface area contributed by atoms with E-state index in [1.54, 1.807) is 0 Å². The van der Waals surface area contributed by atoms with Crippen LogP contribution in [-0.4, -0.2) is 4.98 Å². The average Bonchev–Trinajstić information content (AvgIpc) is 4.02. The number of rotatable bonds is 8. The molecule has 1 aliphatic rings. The van der Waals surface area contributed by atoms with Crippen molar-refractivity contribution < 1.29 is 4.42 Å². The summed E-state index contributed by atoms with van der Waals surface area (Å²) in [5.74, 6) is 0. The van der Waals surface area contributed by atoms with Crippen molar-refractivity contribution in [2.45, 2.75) is 19.3 Å². The molecule has 1 N–H and O–H groups in total. The summed E-state index contributed by atoms with van der Waals surface area (Å²) in [5.41, 5.74) is 20.3. The Morgan fingerprint density at radius 1 is 0.343 bits per heavy atom. The number of anilines is 6. The fraction of sp³-hybridized carbons (Fsp3) is 0.0476. The Morgan fingerprint density at radius 2 is 0.866 bits per heavy atom. The van der Waals surface area contributed by atoms with Gasteiger partial charge in [0.05, 0.1) is 5.52 Å². The van der Waals surface area contributed by atoms with Crippen LogP contribution in [0.15, 0.2) is 235 Å². The number of H-pyrrole nitrogens is 1. The molecule has 0 amide bonds. The van der Waals surface area contributed by atoms with Gasteiger partial charge in [-0.3, -0.25) is 0 Å². The SMILES string of the molecule is CC1(C)c2ccccc2-c2ccc(N(c3ccc(-c4ccccc4)cc3)c3ccc4[nH]c5c(-c6ccc7c(c6)oc6cc(N(c8ccccc8)c8ccccc8)ccc67)cccc5c4c3)cc21. The van der Waals surface area contributed by atoms with Crippen LogP contribution in [0.1, 0.15) is 25.0 Å². The lowest BCUT2D eigenvalue weighted by Crippen LogP contribution is -2.16. The van der Waals surface area contributed by atoms with E-state index in [1.165, 1.54) is 44.2 Å². The predicted molar refractivity (Wildman–Crippen MR) is 281 cm³/mol.